The number of benzene rings is 1. The largest absolute Gasteiger partial charge is 0.494 e. The Labute approximate surface area is 190 Å². The molecule has 0 bridgehead atoms. The van der Waals surface area contributed by atoms with E-state index in [-0.39, 0.29) is 12.0 Å². The van der Waals surface area contributed by atoms with Gasteiger partial charge in [-0.3, -0.25) is 9.78 Å². The fraction of sp³-hybridized carbons (Fsp3) is 0.520. The molecule has 1 fully saturated rings. The maximum absolute atomic E-state index is 12.1. The third kappa shape index (κ3) is 7.89. The molecule has 2 aromatic rings. The number of rotatable bonds is 11. The molecule has 0 aliphatic carbocycles. The van der Waals surface area contributed by atoms with E-state index < -0.39 is 6.29 Å². The van der Waals surface area contributed by atoms with Crippen LogP contribution in [0.2, 0.25) is 0 Å². The number of aliphatic hydroxyl groups excluding tert-OH is 1. The quantitative estimate of drug-likeness (QED) is 0.521. The van der Waals surface area contributed by atoms with E-state index >= 15 is 0 Å². The minimum Gasteiger partial charge on any atom is -0.494 e. The van der Waals surface area contributed by atoms with Gasteiger partial charge in [0.1, 0.15) is 5.75 Å². The van der Waals surface area contributed by atoms with Crippen LogP contribution in [0.5, 0.6) is 5.75 Å². The second-order valence-electron chi connectivity index (χ2n) is 8.43. The van der Waals surface area contributed by atoms with Gasteiger partial charge in [-0.2, -0.15) is 0 Å². The topological polar surface area (TPSA) is 83.9 Å². The first-order valence-electron chi connectivity index (χ1n) is 11.4. The number of nitrogens with one attached hydrogen (secondary N) is 1. The second-order valence-corrected chi connectivity index (χ2v) is 8.43. The lowest BCUT2D eigenvalue weighted by Gasteiger charge is -2.36. The summed E-state index contributed by atoms with van der Waals surface area (Å²) in [5.74, 6) is 0.888. The summed E-state index contributed by atoms with van der Waals surface area (Å²) in [6.07, 6.45) is 6.57. The molecule has 2 heterocycles. The van der Waals surface area contributed by atoms with Crippen molar-refractivity contribution in [1.29, 1.82) is 0 Å². The van der Waals surface area contributed by atoms with Crippen molar-refractivity contribution in [2.24, 2.45) is 0 Å². The molecular weight excluding hydrogens is 406 g/mol. The van der Waals surface area contributed by atoms with E-state index in [2.05, 4.69) is 15.2 Å². The van der Waals surface area contributed by atoms with Gasteiger partial charge in [-0.15, -0.1) is 0 Å². The van der Waals surface area contributed by atoms with Gasteiger partial charge < -0.3 is 24.8 Å². The highest BCUT2D eigenvalue weighted by molar-refractivity contribution is 5.75. The van der Waals surface area contributed by atoms with Crippen LogP contribution in [-0.2, 0) is 9.53 Å². The predicted molar refractivity (Wildman–Crippen MR) is 124 cm³/mol. The summed E-state index contributed by atoms with van der Waals surface area (Å²) < 4.78 is 11.1. The van der Waals surface area contributed by atoms with Crippen molar-refractivity contribution in [3.63, 3.8) is 0 Å². The zero-order valence-corrected chi connectivity index (χ0v) is 19.1. The van der Waals surface area contributed by atoms with Crippen molar-refractivity contribution in [3.05, 3.63) is 48.8 Å². The molecule has 7 heteroatoms. The van der Waals surface area contributed by atoms with E-state index in [9.17, 15) is 9.90 Å². The van der Waals surface area contributed by atoms with E-state index in [1.807, 2.05) is 56.6 Å². The number of aliphatic hydroxyl groups is 1. The number of nitrogens with zero attached hydrogens (tertiary/aromatic N) is 2. The Morgan fingerprint density at radius 1 is 1.22 bits per heavy atom. The third-order valence-corrected chi connectivity index (χ3v) is 5.77. The lowest BCUT2D eigenvalue weighted by atomic mass is 10.0. The molecule has 1 saturated heterocycles. The molecule has 1 amide bonds. The van der Waals surface area contributed by atoms with Crippen molar-refractivity contribution < 1.29 is 19.4 Å². The number of aromatic nitrogens is 1. The zero-order valence-electron chi connectivity index (χ0n) is 19.1. The Morgan fingerprint density at radius 2 is 2.03 bits per heavy atom. The van der Waals surface area contributed by atoms with Gasteiger partial charge in [0.2, 0.25) is 5.91 Å². The normalized spacial score (nSPS) is 20.8. The molecule has 7 nitrogen and oxygen atoms in total. The van der Waals surface area contributed by atoms with Crippen LogP contribution in [0.4, 0.5) is 0 Å². The number of carbonyl (C=O) groups is 1. The minimum atomic E-state index is -0.684. The van der Waals surface area contributed by atoms with E-state index in [4.69, 9.17) is 9.47 Å². The van der Waals surface area contributed by atoms with Crippen LogP contribution in [-0.4, -0.2) is 66.1 Å². The van der Waals surface area contributed by atoms with Crippen molar-refractivity contribution in [2.45, 2.75) is 57.5 Å². The lowest BCUT2D eigenvalue weighted by Crippen LogP contribution is -2.43. The Balaban J connectivity index is 1.25. The number of ether oxygens (including phenoxy) is 2. The number of hydrogen-bond donors (Lipinski definition) is 2. The Hall–Kier alpha value is -2.48. The molecule has 2 N–H and O–H groups in total. The van der Waals surface area contributed by atoms with Gasteiger partial charge in [0.25, 0.3) is 0 Å². The zero-order chi connectivity index (χ0) is 22.8. The van der Waals surface area contributed by atoms with Crippen LogP contribution in [0.25, 0.3) is 11.1 Å². The predicted octanol–water partition coefficient (Wildman–Crippen LogP) is 3.23. The molecule has 174 valence electrons. The van der Waals surface area contributed by atoms with Crippen molar-refractivity contribution in [2.75, 3.05) is 26.7 Å². The van der Waals surface area contributed by atoms with Crippen LogP contribution in [0.1, 0.15) is 39.0 Å². The lowest BCUT2D eigenvalue weighted by molar-refractivity contribution is -0.173. The third-order valence-electron chi connectivity index (χ3n) is 5.77. The molecule has 0 saturated carbocycles. The van der Waals surface area contributed by atoms with E-state index in [0.717, 1.165) is 42.7 Å². The average Bonchev–Trinajstić information content (AvgIpc) is 2.79. The number of carbonyl (C=O) groups excluding carboxylic acids is 1. The highest BCUT2D eigenvalue weighted by atomic mass is 16.6. The smallest absolute Gasteiger partial charge is 0.220 e. The highest BCUT2D eigenvalue weighted by Crippen LogP contribution is 2.22. The molecule has 1 aromatic carbocycles. The van der Waals surface area contributed by atoms with Gasteiger partial charge in [-0.05, 0) is 69.1 Å². The Morgan fingerprint density at radius 3 is 2.75 bits per heavy atom. The number of hydrogen-bond acceptors (Lipinski definition) is 6. The van der Waals surface area contributed by atoms with Gasteiger partial charge >= 0.3 is 0 Å². The summed E-state index contributed by atoms with van der Waals surface area (Å²) in [7, 11) is 2.05. The average molecular weight is 442 g/mol. The van der Waals surface area contributed by atoms with E-state index in [0.29, 0.717) is 32.0 Å². The molecular formula is C25H35N3O4. The van der Waals surface area contributed by atoms with Crippen LogP contribution in [0, 0.1) is 0 Å². The summed E-state index contributed by atoms with van der Waals surface area (Å²) >= 11 is 0. The van der Waals surface area contributed by atoms with Crippen LogP contribution in [0.15, 0.2) is 48.8 Å². The Kier molecular flexibility index (Phi) is 9.46. The molecule has 32 heavy (non-hydrogen) atoms. The van der Waals surface area contributed by atoms with E-state index in [1.54, 1.807) is 6.20 Å². The summed E-state index contributed by atoms with van der Waals surface area (Å²) in [5, 5.41) is 12.7. The highest BCUT2D eigenvalue weighted by Gasteiger charge is 2.28. The van der Waals surface area contributed by atoms with Crippen LogP contribution < -0.4 is 10.1 Å². The molecule has 3 unspecified atom stereocenters. The molecule has 1 aliphatic rings. The molecule has 3 rings (SSSR count). The van der Waals surface area contributed by atoms with Crippen LogP contribution in [0.3, 0.4) is 0 Å². The molecule has 1 aromatic heterocycles. The molecule has 0 spiro atoms. The van der Waals surface area contributed by atoms with Gasteiger partial charge in [-0.1, -0.05) is 18.2 Å². The van der Waals surface area contributed by atoms with Crippen molar-refractivity contribution in [3.8, 4) is 16.9 Å². The fourth-order valence-electron chi connectivity index (χ4n) is 3.98. The first-order valence-corrected chi connectivity index (χ1v) is 11.4. The van der Waals surface area contributed by atoms with Crippen molar-refractivity contribution >= 4 is 5.91 Å². The number of amides is 1. The Bertz CT molecular complexity index is 806. The number of pyridine rings is 1. The summed E-state index contributed by atoms with van der Waals surface area (Å²) in [4.78, 5) is 18.4. The van der Waals surface area contributed by atoms with E-state index in [1.165, 1.54) is 0 Å². The molecule has 0 radical (unpaired) electrons. The standard InChI is InChI=1S/C25H35N3O4/c1-19-16-22(17-25(30)32-19)28(2)14-4-7-24(29)27-13-5-15-31-23-10-8-20(9-11-23)21-6-3-12-26-18-21/h3,6,8-12,18-19,22,25,30H,4-5,7,13-17H2,1-2H3,(H,27,29). The maximum Gasteiger partial charge on any atom is 0.220 e. The van der Waals surface area contributed by atoms with Gasteiger partial charge in [0, 0.05) is 37.8 Å². The molecule has 1 aliphatic heterocycles. The first-order chi connectivity index (χ1) is 15.5. The summed E-state index contributed by atoms with van der Waals surface area (Å²) in [6, 6.07) is 12.2. The fourth-order valence-corrected chi connectivity index (χ4v) is 3.98. The summed E-state index contributed by atoms with van der Waals surface area (Å²) in [5.41, 5.74) is 2.18. The minimum absolute atomic E-state index is 0.0656. The maximum atomic E-state index is 12.1. The first kappa shape index (κ1) is 24.2. The van der Waals surface area contributed by atoms with Crippen LogP contribution >= 0.6 is 0 Å². The monoisotopic (exact) mass is 441 g/mol. The summed E-state index contributed by atoms with van der Waals surface area (Å²) in [6.45, 7) is 3.97. The van der Waals surface area contributed by atoms with Gasteiger partial charge in [-0.25, -0.2) is 0 Å². The molecule has 3 atom stereocenters. The SMILES string of the molecule is CC1CC(N(C)CCCC(=O)NCCCOc2ccc(-c3cccnc3)cc2)CC(O)O1. The second kappa shape index (κ2) is 12.5. The van der Waals surface area contributed by atoms with Crippen molar-refractivity contribution in [1.82, 2.24) is 15.2 Å². The van der Waals surface area contributed by atoms with Gasteiger partial charge in [0.15, 0.2) is 6.29 Å². The van der Waals surface area contributed by atoms with Gasteiger partial charge in [0.05, 0.1) is 12.7 Å².